The third-order valence-corrected chi connectivity index (χ3v) is 4.14. The normalized spacial score (nSPS) is 15.4. The Morgan fingerprint density at radius 3 is 2.54 bits per heavy atom. The van der Waals surface area contributed by atoms with Crippen molar-refractivity contribution in [2.24, 2.45) is 15.9 Å². The van der Waals surface area contributed by atoms with Crippen LogP contribution in [0.4, 0.5) is 0 Å². The predicted molar refractivity (Wildman–Crippen MR) is 107 cm³/mol. The van der Waals surface area contributed by atoms with E-state index in [2.05, 4.69) is 16.7 Å². The maximum Gasteiger partial charge on any atom is 0.158 e. The molecule has 0 heterocycles. The molecule has 1 aliphatic carbocycles. The number of nitrogens with one attached hydrogen (secondary N) is 1. The van der Waals surface area contributed by atoms with E-state index in [-0.39, 0.29) is 0 Å². The number of rotatable bonds is 5. The van der Waals surface area contributed by atoms with Gasteiger partial charge in [0.05, 0.1) is 0 Å². The number of aliphatic imine (C=N–C) groups is 1. The fraction of sp³-hybridized carbons (Fsp3) is 0.0500. The molecule has 130 valence electrons. The van der Waals surface area contributed by atoms with Crippen LogP contribution in [0.15, 0.2) is 76.9 Å². The highest BCUT2D eigenvalue weighted by Crippen LogP contribution is 2.32. The Balaban J connectivity index is 1.97. The summed E-state index contributed by atoms with van der Waals surface area (Å²) in [5.74, 6) is 0.924. The van der Waals surface area contributed by atoms with Gasteiger partial charge in [-0.3, -0.25) is 5.41 Å². The van der Waals surface area contributed by atoms with Gasteiger partial charge in [0, 0.05) is 17.0 Å². The van der Waals surface area contributed by atoms with E-state index < -0.39 is 0 Å². The minimum atomic E-state index is 0.338. The average molecular weight is 365 g/mol. The molecule has 0 amide bonds. The summed E-state index contributed by atoms with van der Waals surface area (Å²) in [5.41, 5.74) is 10.2. The second-order valence-electron chi connectivity index (χ2n) is 5.64. The molecule has 0 radical (unpaired) electrons. The number of nitrogens with zero attached hydrogens (tertiary/aromatic N) is 2. The number of fused-ring (bicyclic) bond motifs is 1. The zero-order chi connectivity index (χ0) is 18.5. The van der Waals surface area contributed by atoms with E-state index in [1.54, 1.807) is 24.3 Å². The van der Waals surface area contributed by atoms with Crippen molar-refractivity contribution in [3.63, 3.8) is 0 Å². The Kier molecular flexibility index (Phi) is 5.29. The maximum atomic E-state index is 7.05. The van der Waals surface area contributed by atoms with Gasteiger partial charge in [0.25, 0.3) is 0 Å². The molecule has 3 N–H and O–H groups in total. The molecule has 0 unspecified atom stereocenters. The van der Waals surface area contributed by atoms with Crippen LogP contribution in [0.5, 0.6) is 5.75 Å². The summed E-state index contributed by atoms with van der Waals surface area (Å²) in [7, 11) is 0. The number of benzene rings is 2. The molecule has 0 spiro atoms. The fourth-order valence-electron chi connectivity index (χ4n) is 2.63. The minimum absolute atomic E-state index is 0.338. The number of hydrogen-bond donors (Lipinski definition) is 2. The summed E-state index contributed by atoms with van der Waals surface area (Å²) in [6.07, 6.45) is 3.18. The van der Waals surface area contributed by atoms with Crippen molar-refractivity contribution < 1.29 is 4.84 Å². The summed E-state index contributed by atoms with van der Waals surface area (Å²) >= 11 is 5.89. The van der Waals surface area contributed by atoms with Crippen LogP contribution in [0.2, 0.25) is 5.02 Å². The highest BCUT2D eigenvalue weighted by molar-refractivity contribution is 6.30. The van der Waals surface area contributed by atoms with Crippen LogP contribution in [-0.2, 0) is 0 Å². The van der Waals surface area contributed by atoms with Gasteiger partial charge in [-0.15, -0.1) is 0 Å². The second-order valence-corrected chi connectivity index (χ2v) is 6.08. The first-order valence-electron chi connectivity index (χ1n) is 7.90. The first-order chi connectivity index (χ1) is 12.6. The highest BCUT2D eigenvalue weighted by Gasteiger charge is 2.20. The Bertz CT molecular complexity index is 943. The van der Waals surface area contributed by atoms with Crippen LogP contribution in [0, 0.1) is 5.41 Å². The summed E-state index contributed by atoms with van der Waals surface area (Å²) in [6.45, 7) is 4.17. The lowest BCUT2D eigenvalue weighted by molar-refractivity contribution is 0.342. The van der Waals surface area contributed by atoms with Gasteiger partial charge >= 0.3 is 0 Å². The van der Waals surface area contributed by atoms with Crippen molar-refractivity contribution in [1.82, 2.24) is 0 Å². The highest BCUT2D eigenvalue weighted by atomic mass is 35.5. The van der Waals surface area contributed by atoms with Crippen LogP contribution >= 0.6 is 11.6 Å². The zero-order valence-corrected chi connectivity index (χ0v) is 14.7. The summed E-state index contributed by atoms with van der Waals surface area (Å²) in [6, 6.07) is 14.8. The van der Waals surface area contributed by atoms with Gasteiger partial charge < -0.3 is 10.6 Å². The largest absolute Gasteiger partial charge is 0.387 e. The van der Waals surface area contributed by atoms with Gasteiger partial charge in [-0.1, -0.05) is 47.6 Å². The number of hydrogen-bond acceptors (Lipinski definition) is 3. The van der Waals surface area contributed by atoms with E-state index in [9.17, 15) is 0 Å². The van der Waals surface area contributed by atoms with Gasteiger partial charge in [0.2, 0.25) is 0 Å². The van der Waals surface area contributed by atoms with Crippen molar-refractivity contribution in [2.45, 2.75) is 6.42 Å². The van der Waals surface area contributed by atoms with Gasteiger partial charge in [-0.05, 0) is 47.1 Å². The standard InChI is InChI=1S/C20H17ClN4O/c1-13-14(11-20(23)24-12-22)10-19(18-5-3-2-4-17(13)18)25-26-16-8-6-15(21)7-9-16/h2-10,12H,1,11H2,(H3,22,23,24)/b25-19+. The molecule has 2 aromatic rings. The molecule has 0 fully saturated rings. The van der Waals surface area contributed by atoms with Crippen LogP contribution in [0.1, 0.15) is 17.5 Å². The molecule has 0 atom stereocenters. The number of allylic oxidation sites excluding steroid dienone is 2. The van der Waals surface area contributed by atoms with E-state index in [1.807, 2.05) is 30.3 Å². The summed E-state index contributed by atoms with van der Waals surface area (Å²) in [5, 5.41) is 12.0. The van der Waals surface area contributed by atoms with Crippen LogP contribution < -0.4 is 10.6 Å². The SMILES string of the molecule is C=C1C(CC(N)=NC=N)=C/C(=N\Oc2ccc(Cl)cc2)c2ccccc21. The van der Waals surface area contributed by atoms with E-state index in [4.69, 9.17) is 27.6 Å². The minimum Gasteiger partial charge on any atom is -0.387 e. The van der Waals surface area contributed by atoms with Crippen molar-refractivity contribution in [2.75, 3.05) is 0 Å². The van der Waals surface area contributed by atoms with E-state index in [0.29, 0.717) is 28.7 Å². The van der Waals surface area contributed by atoms with Gasteiger partial charge in [-0.25, -0.2) is 4.99 Å². The lowest BCUT2D eigenvalue weighted by atomic mass is 9.85. The van der Waals surface area contributed by atoms with Gasteiger partial charge in [0.1, 0.15) is 17.9 Å². The lowest BCUT2D eigenvalue weighted by Crippen LogP contribution is -2.17. The first-order valence-corrected chi connectivity index (χ1v) is 8.27. The Hall–Kier alpha value is -3.18. The molecule has 0 saturated heterocycles. The molecule has 1 aliphatic rings. The zero-order valence-electron chi connectivity index (χ0n) is 13.9. The molecule has 2 aromatic carbocycles. The molecule has 0 aliphatic heterocycles. The molecule has 0 aromatic heterocycles. The monoisotopic (exact) mass is 364 g/mol. The third kappa shape index (κ3) is 3.90. The van der Waals surface area contributed by atoms with Crippen LogP contribution in [-0.4, -0.2) is 17.9 Å². The molecule has 5 nitrogen and oxygen atoms in total. The van der Waals surface area contributed by atoms with E-state index >= 15 is 0 Å². The van der Waals surface area contributed by atoms with Crippen molar-refractivity contribution in [1.29, 1.82) is 5.41 Å². The van der Waals surface area contributed by atoms with Crippen LogP contribution in [0.25, 0.3) is 5.57 Å². The van der Waals surface area contributed by atoms with Gasteiger partial charge in [-0.2, -0.15) is 0 Å². The smallest absolute Gasteiger partial charge is 0.158 e. The Morgan fingerprint density at radius 2 is 1.85 bits per heavy atom. The number of nitrogens with two attached hydrogens (primary N) is 1. The Labute approximate surface area is 156 Å². The fourth-order valence-corrected chi connectivity index (χ4v) is 2.75. The molecule has 0 saturated carbocycles. The molecular weight excluding hydrogens is 348 g/mol. The first kappa shape index (κ1) is 17.6. The summed E-state index contributed by atoms with van der Waals surface area (Å²) in [4.78, 5) is 9.36. The average Bonchev–Trinajstić information content (AvgIpc) is 2.64. The maximum absolute atomic E-state index is 7.05. The summed E-state index contributed by atoms with van der Waals surface area (Å²) < 4.78 is 0. The van der Waals surface area contributed by atoms with Crippen LogP contribution in [0.3, 0.4) is 0 Å². The quantitative estimate of drug-likeness (QED) is 0.467. The number of amidine groups is 1. The number of oxime groups is 1. The van der Waals surface area contributed by atoms with Crippen molar-refractivity contribution in [3.05, 3.63) is 82.9 Å². The topological polar surface area (TPSA) is 83.8 Å². The van der Waals surface area contributed by atoms with E-state index in [1.165, 1.54) is 0 Å². The molecule has 0 bridgehead atoms. The molecule has 6 heteroatoms. The van der Waals surface area contributed by atoms with Crippen molar-refractivity contribution in [3.8, 4) is 5.75 Å². The lowest BCUT2D eigenvalue weighted by Gasteiger charge is -2.20. The third-order valence-electron chi connectivity index (χ3n) is 3.89. The molecular formula is C20H17ClN4O. The second kappa shape index (κ2) is 7.80. The van der Waals surface area contributed by atoms with Gasteiger partial charge in [0.15, 0.2) is 5.75 Å². The Morgan fingerprint density at radius 1 is 1.15 bits per heavy atom. The predicted octanol–water partition coefficient (Wildman–Crippen LogP) is 4.43. The molecule has 3 rings (SSSR count). The molecule has 26 heavy (non-hydrogen) atoms. The number of halogens is 1. The van der Waals surface area contributed by atoms with E-state index in [0.717, 1.165) is 28.6 Å². The van der Waals surface area contributed by atoms with Crippen molar-refractivity contribution >= 4 is 35.1 Å².